The van der Waals surface area contributed by atoms with Gasteiger partial charge in [-0.3, -0.25) is 0 Å². The molecule has 1 rings (SSSR count). The fourth-order valence-corrected chi connectivity index (χ4v) is 4.10. The van der Waals surface area contributed by atoms with Crippen LogP contribution in [0.15, 0.2) is 30.3 Å². The van der Waals surface area contributed by atoms with Crippen LogP contribution < -0.4 is 0 Å². The lowest BCUT2D eigenvalue weighted by atomic mass is 10.1. The van der Waals surface area contributed by atoms with Gasteiger partial charge in [0, 0.05) is 6.10 Å². The SMILES string of the molecule is CCCCCC(C)O[SiH](C)Cc1ccccc1. The lowest BCUT2D eigenvalue weighted by Crippen LogP contribution is -2.23. The molecule has 0 radical (unpaired) electrons. The fraction of sp³-hybridized carbons (Fsp3) is 0.600. The zero-order valence-corrected chi connectivity index (χ0v) is 12.6. The first-order valence-corrected chi connectivity index (χ1v) is 9.36. The van der Waals surface area contributed by atoms with E-state index < -0.39 is 9.04 Å². The van der Waals surface area contributed by atoms with Crippen LogP contribution in [-0.4, -0.2) is 15.1 Å². The van der Waals surface area contributed by atoms with E-state index in [9.17, 15) is 0 Å². The molecule has 96 valence electrons. The Bertz CT molecular complexity index is 286. The van der Waals surface area contributed by atoms with Gasteiger partial charge < -0.3 is 4.43 Å². The van der Waals surface area contributed by atoms with Gasteiger partial charge in [-0.25, -0.2) is 0 Å². The fourth-order valence-electron chi connectivity index (χ4n) is 2.14. The maximum atomic E-state index is 6.14. The minimum absolute atomic E-state index is 0.451. The Balaban J connectivity index is 2.22. The summed E-state index contributed by atoms with van der Waals surface area (Å²) >= 11 is 0. The second kappa shape index (κ2) is 8.48. The maximum absolute atomic E-state index is 6.14. The van der Waals surface area contributed by atoms with E-state index in [2.05, 4.69) is 50.7 Å². The minimum Gasteiger partial charge on any atom is -0.417 e. The van der Waals surface area contributed by atoms with Crippen LogP contribution in [0.2, 0.25) is 6.55 Å². The molecule has 0 saturated heterocycles. The number of hydrogen-bond donors (Lipinski definition) is 0. The zero-order valence-electron chi connectivity index (χ0n) is 11.5. The molecule has 1 aromatic rings. The molecule has 0 aromatic heterocycles. The Morgan fingerprint density at radius 3 is 2.53 bits per heavy atom. The molecule has 0 amide bonds. The zero-order chi connectivity index (χ0) is 12.5. The molecule has 0 aliphatic heterocycles. The first-order valence-electron chi connectivity index (χ1n) is 6.91. The van der Waals surface area contributed by atoms with Crippen molar-refractivity contribution < 1.29 is 4.43 Å². The lowest BCUT2D eigenvalue weighted by Gasteiger charge is -2.18. The van der Waals surface area contributed by atoms with Gasteiger partial charge in [0.1, 0.15) is 0 Å². The van der Waals surface area contributed by atoms with Gasteiger partial charge in [0.2, 0.25) is 0 Å². The van der Waals surface area contributed by atoms with Crippen molar-refractivity contribution >= 4 is 9.04 Å². The van der Waals surface area contributed by atoms with E-state index in [-0.39, 0.29) is 0 Å². The minimum atomic E-state index is -1.04. The van der Waals surface area contributed by atoms with Crippen molar-refractivity contribution in [3.05, 3.63) is 35.9 Å². The number of rotatable bonds is 8. The summed E-state index contributed by atoms with van der Waals surface area (Å²) in [6, 6.07) is 11.9. The van der Waals surface area contributed by atoms with Gasteiger partial charge in [-0.2, -0.15) is 0 Å². The van der Waals surface area contributed by atoms with Gasteiger partial charge in [0.15, 0.2) is 9.04 Å². The van der Waals surface area contributed by atoms with Crippen LogP contribution in [-0.2, 0) is 10.5 Å². The summed E-state index contributed by atoms with van der Waals surface area (Å²) in [4.78, 5) is 0. The van der Waals surface area contributed by atoms with Crippen LogP contribution in [0.4, 0.5) is 0 Å². The molecule has 0 spiro atoms. The Kier molecular flexibility index (Phi) is 7.21. The molecule has 0 fully saturated rings. The van der Waals surface area contributed by atoms with Gasteiger partial charge in [-0.1, -0.05) is 56.5 Å². The predicted octanol–water partition coefficient (Wildman–Crippen LogP) is 4.11. The maximum Gasteiger partial charge on any atom is 0.178 e. The summed E-state index contributed by atoms with van der Waals surface area (Å²) in [5.74, 6) is 0. The van der Waals surface area contributed by atoms with Crippen LogP contribution >= 0.6 is 0 Å². The molecule has 2 atom stereocenters. The second-order valence-corrected chi connectivity index (χ2v) is 7.24. The molecule has 1 nitrogen and oxygen atoms in total. The molecule has 17 heavy (non-hydrogen) atoms. The molecule has 0 heterocycles. The first-order chi connectivity index (χ1) is 8.22. The molecule has 1 aromatic carbocycles. The summed E-state index contributed by atoms with van der Waals surface area (Å²) in [5.41, 5.74) is 1.42. The lowest BCUT2D eigenvalue weighted by molar-refractivity contribution is 0.207. The van der Waals surface area contributed by atoms with E-state index in [0.717, 1.165) is 6.04 Å². The van der Waals surface area contributed by atoms with Gasteiger partial charge in [0.05, 0.1) is 0 Å². The van der Waals surface area contributed by atoms with E-state index >= 15 is 0 Å². The topological polar surface area (TPSA) is 9.23 Å². The average Bonchev–Trinajstić information content (AvgIpc) is 2.30. The molecule has 0 saturated carbocycles. The van der Waals surface area contributed by atoms with E-state index in [4.69, 9.17) is 4.43 Å². The van der Waals surface area contributed by atoms with Crippen LogP contribution in [0, 0.1) is 0 Å². The Hall–Kier alpha value is -0.603. The van der Waals surface area contributed by atoms with Crippen LogP contribution in [0.25, 0.3) is 0 Å². The smallest absolute Gasteiger partial charge is 0.178 e. The summed E-state index contributed by atoms with van der Waals surface area (Å²) in [6.45, 7) is 6.78. The van der Waals surface area contributed by atoms with Crippen LogP contribution in [0.1, 0.15) is 45.1 Å². The Morgan fingerprint density at radius 2 is 1.88 bits per heavy atom. The van der Waals surface area contributed by atoms with Gasteiger partial charge in [-0.15, -0.1) is 0 Å². The molecule has 0 aliphatic carbocycles. The summed E-state index contributed by atoms with van der Waals surface area (Å²) in [6.07, 6.45) is 5.61. The van der Waals surface area contributed by atoms with Crippen molar-refractivity contribution in [2.75, 3.05) is 0 Å². The van der Waals surface area contributed by atoms with Gasteiger partial charge in [0.25, 0.3) is 0 Å². The van der Waals surface area contributed by atoms with Crippen molar-refractivity contribution in [2.45, 2.75) is 58.2 Å². The molecular formula is C15H26OSi. The van der Waals surface area contributed by atoms with Gasteiger partial charge >= 0.3 is 0 Å². The highest BCUT2D eigenvalue weighted by molar-refractivity contribution is 6.49. The molecule has 0 aliphatic rings. The highest BCUT2D eigenvalue weighted by atomic mass is 28.3. The summed E-state index contributed by atoms with van der Waals surface area (Å²) < 4.78 is 6.14. The third-order valence-electron chi connectivity index (χ3n) is 3.04. The van der Waals surface area contributed by atoms with E-state index in [1.165, 1.54) is 31.2 Å². The Labute approximate surface area is 108 Å². The standard InChI is InChI=1S/C15H26OSi/c1-4-5-7-10-14(2)16-17(3)13-15-11-8-6-9-12-15/h6,8-9,11-12,14,17H,4-5,7,10,13H2,1-3H3. The monoisotopic (exact) mass is 250 g/mol. The number of hydrogen-bond acceptors (Lipinski definition) is 1. The molecule has 2 unspecified atom stereocenters. The van der Waals surface area contributed by atoms with Crippen LogP contribution in [0.5, 0.6) is 0 Å². The van der Waals surface area contributed by atoms with Crippen molar-refractivity contribution in [2.24, 2.45) is 0 Å². The molecule has 2 heteroatoms. The van der Waals surface area contributed by atoms with Gasteiger partial charge in [-0.05, 0) is 31.5 Å². The highest BCUT2D eigenvalue weighted by Crippen LogP contribution is 2.10. The third kappa shape index (κ3) is 6.64. The number of unbranched alkanes of at least 4 members (excludes halogenated alkanes) is 2. The van der Waals surface area contributed by atoms with E-state index in [1.807, 2.05) is 0 Å². The average molecular weight is 250 g/mol. The quantitative estimate of drug-likeness (QED) is 0.498. The van der Waals surface area contributed by atoms with E-state index in [0.29, 0.717) is 6.10 Å². The highest BCUT2D eigenvalue weighted by Gasteiger charge is 2.10. The van der Waals surface area contributed by atoms with Crippen LogP contribution in [0.3, 0.4) is 0 Å². The van der Waals surface area contributed by atoms with Crippen molar-refractivity contribution in [1.82, 2.24) is 0 Å². The third-order valence-corrected chi connectivity index (χ3v) is 5.02. The molecular weight excluding hydrogens is 224 g/mol. The normalized spacial score (nSPS) is 14.5. The van der Waals surface area contributed by atoms with E-state index in [1.54, 1.807) is 0 Å². The Morgan fingerprint density at radius 1 is 1.18 bits per heavy atom. The predicted molar refractivity (Wildman–Crippen MR) is 77.8 cm³/mol. The summed E-state index contributed by atoms with van der Waals surface area (Å²) in [5, 5.41) is 0. The molecule has 0 N–H and O–H groups in total. The van der Waals surface area contributed by atoms with Crippen molar-refractivity contribution in [3.63, 3.8) is 0 Å². The second-order valence-electron chi connectivity index (χ2n) is 4.94. The van der Waals surface area contributed by atoms with Crippen molar-refractivity contribution in [3.8, 4) is 0 Å². The first kappa shape index (κ1) is 14.5. The van der Waals surface area contributed by atoms with Crippen molar-refractivity contribution in [1.29, 1.82) is 0 Å². The number of benzene rings is 1. The molecule has 0 bridgehead atoms. The summed E-state index contributed by atoms with van der Waals surface area (Å²) in [7, 11) is -1.04. The largest absolute Gasteiger partial charge is 0.417 e.